The summed E-state index contributed by atoms with van der Waals surface area (Å²) in [5, 5.41) is 2.70. The van der Waals surface area contributed by atoms with Crippen LogP contribution < -0.4 is 5.32 Å². The lowest BCUT2D eigenvalue weighted by molar-refractivity contribution is -0.146. The Balaban J connectivity index is 2.29. The highest BCUT2D eigenvalue weighted by atomic mass is 16.2. The number of rotatable bonds is 4. The van der Waals surface area contributed by atoms with Gasteiger partial charge >= 0.3 is 0 Å². The zero-order valence-corrected chi connectivity index (χ0v) is 13.3. The van der Waals surface area contributed by atoms with Crippen molar-refractivity contribution in [2.45, 2.75) is 46.7 Å². The Morgan fingerprint density at radius 3 is 2.43 bits per heavy atom. The molecule has 1 unspecified atom stereocenters. The molecule has 1 N–H and O–H groups in total. The van der Waals surface area contributed by atoms with Gasteiger partial charge in [0.05, 0.1) is 6.54 Å². The molecule has 0 saturated carbocycles. The first-order valence-corrected chi connectivity index (χ1v) is 7.52. The first-order valence-electron chi connectivity index (χ1n) is 7.52. The number of amides is 2. The summed E-state index contributed by atoms with van der Waals surface area (Å²) < 4.78 is 0. The van der Waals surface area contributed by atoms with Gasteiger partial charge < -0.3 is 10.2 Å². The van der Waals surface area contributed by atoms with Gasteiger partial charge in [-0.2, -0.15) is 0 Å². The Hall–Kier alpha value is -1.84. The Morgan fingerprint density at radius 2 is 1.86 bits per heavy atom. The summed E-state index contributed by atoms with van der Waals surface area (Å²) in [5.74, 6) is 0.338. The standard InChI is InChI=1S/C17H24N2O2/c1-11(2)8-15-17(21)18-9-16(20)19(15)10-14-12(3)6-5-7-13(14)4/h5-7,11,15H,8-10H2,1-4H3,(H,18,21). The minimum atomic E-state index is -0.356. The molecular weight excluding hydrogens is 264 g/mol. The average Bonchev–Trinajstić information content (AvgIpc) is 2.40. The topological polar surface area (TPSA) is 49.4 Å². The predicted molar refractivity (Wildman–Crippen MR) is 82.7 cm³/mol. The lowest BCUT2D eigenvalue weighted by Crippen LogP contribution is -2.58. The summed E-state index contributed by atoms with van der Waals surface area (Å²) in [5.41, 5.74) is 3.48. The zero-order valence-electron chi connectivity index (χ0n) is 13.3. The molecule has 0 spiro atoms. The number of carbonyl (C=O) groups excluding carboxylic acids is 2. The third-order valence-electron chi connectivity index (χ3n) is 4.08. The van der Waals surface area contributed by atoms with Gasteiger partial charge in [-0.3, -0.25) is 9.59 Å². The molecule has 21 heavy (non-hydrogen) atoms. The van der Waals surface area contributed by atoms with E-state index < -0.39 is 0 Å². The van der Waals surface area contributed by atoms with Crippen molar-refractivity contribution < 1.29 is 9.59 Å². The molecule has 2 amide bonds. The van der Waals surface area contributed by atoms with E-state index in [-0.39, 0.29) is 24.4 Å². The minimum absolute atomic E-state index is 0.00269. The van der Waals surface area contributed by atoms with E-state index in [0.717, 1.165) is 16.7 Å². The lowest BCUT2D eigenvalue weighted by atomic mass is 9.97. The van der Waals surface area contributed by atoms with Crippen LogP contribution in [0.3, 0.4) is 0 Å². The van der Waals surface area contributed by atoms with Gasteiger partial charge in [0, 0.05) is 6.54 Å². The third kappa shape index (κ3) is 3.43. The van der Waals surface area contributed by atoms with Crippen molar-refractivity contribution in [3.63, 3.8) is 0 Å². The van der Waals surface area contributed by atoms with Crippen molar-refractivity contribution in [2.75, 3.05) is 6.54 Å². The first-order chi connectivity index (χ1) is 9.90. The summed E-state index contributed by atoms with van der Waals surface area (Å²) in [4.78, 5) is 26.2. The molecule has 114 valence electrons. The van der Waals surface area contributed by atoms with Crippen molar-refractivity contribution >= 4 is 11.8 Å². The fraction of sp³-hybridized carbons (Fsp3) is 0.529. The predicted octanol–water partition coefficient (Wildman–Crippen LogP) is 2.18. The average molecular weight is 288 g/mol. The van der Waals surface area contributed by atoms with Crippen LogP contribution in [0, 0.1) is 19.8 Å². The van der Waals surface area contributed by atoms with Gasteiger partial charge in [-0.1, -0.05) is 32.0 Å². The number of nitrogens with zero attached hydrogens (tertiary/aromatic N) is 1. The number of benzene rings is 1. The maximum absolute atomic E-state index is 12.3. The molecule has 0 bridgehead atoms. The van der Waals surface area contributed by atoms with Crippen LogP contribution in [0.25, 0.3) is 0 Å². The van der Waals surface area contributed by atoms with E-state index in [4.69, 9.17) is 0 Å². The fourth-order valence-corrected chi connectivity index (χ4v) is 2.85. The molecule has 2 rings (SSSR count). The zero-order chi connectivity index (χ0) is 15.6. The van der Waals surface area contributed by atoms with Crippen LogP contribution in [0.2, 0.25) is 0 Å². The molecule has 4 heteroatoms. The molecule has 1 aromatic rings. The Kier molecular flexibility index (Phi) is 4.66. The number of aryl methyl sites for hydroxylation is 2. The summed E-state index contributed by atoms with van der Waals surface area (Å²) in [7, 11) is 0. The number of carbonyl (C=O) groups is 2. The Bertz CT molecular complexity index is 531. The Labute approximate surface area is 126 Å². The second-order valence-corrected chi connectivity index (χ2v) is 6.26. The normalized spacial score (nSPS) is 19.1. The van der Waals surface area contributed by atoms with E-state index in [2.05, 4.69) is 19.2 Å². The molecule has 0 radical (unpaired) electrons. The van der Waals surface area contributed by atoms with Gasteiger partial charge in [0.15, 0.2) is 0 Å². The van der Waals surface area contributed by atoms with Gasteiger partial charge in [-0.15, -0.1) is 0 Å². The molecule has 1 heterocycles. The summed E-state index contributed by atoms with van der Waals surface area (Å²) in [6.45, 7) is 8.87. The van der Waals surface area contributed by atoms with Crippen molar-refractivity contribution in [3.05, 3.63) is 34.9 Å². The van der Waals surface area contributed by atoms with Crippen molar-refractivity contribution in [1.82, 2.24) is 10.2 Å². The van der Waals surface area contributed by atoms with Gasteiger partial charge in [-0.25, -0.2) is 0 Å². The molecular formula is C17H24N2O2. The van der Waals surface area contributed by atoms with Crippen LogP contribution in [0.4, 0.5) is 0 Å². The summed E-state index contributed by atoms with van der Waals surface area (Å²) in [6, 6.07) is 5.76. The maximum Gasteiger partial charge on any atom is 0.243 e. The van der Waals surface area contributed by atoms with Gasteiger partial charge in [0.1, 0.15) is 6.04 Å². The van der Waals surface area contributed by atoms with E-state index in [1.54, 1.807) is 4.90 Å². The number of nitrogens with one attached hydrogen (secondary N) is 1. The molecule has 1 aliphatic rings. The maximum atomic E-state index is 12.3. The van der Waals surface area contributed by atoms with E-state index in [1.807, 2.05) is 32.0 Å². The largest absolute Gasteiger partial charge is 0.345 e. The summed E-state index contributed by atoms with van der Waals surface area (Å²) >= 11 is 0. The van der Waals surface area contributed by atoms with Crippen LogP contribution in [-0.4, -0.2) is 29.3 Å². The van der Waals surface area contributed by atoms with Crippen molar-refractivity contribution in [3.8, 4) is 0 Å². The highest BCUT2D eigenvalue weighted by Gasteiger charge is 2.34. The van der Waals surface area contributed by atoms with Gasteiger partial charge in [0.25, 0.3) is 0 Å². The number of hydrogen-bond donors (Lipinski definition) is 1. The van der Waals surface area contributed by atoms with Crippen LogP contribution in [0.5, 0.6) is 0 Å². The minimum Gasteiger partial charge on any atom is -0.345 e. The van der Waals surface area contributed by atoms with E-state index in [0.29, 0.717) is 18.9 Å². The van der Waals surface area contributed by atoms with E-state index in [1.165, 1.54) is 0 Å². The molecule has 1 aromatic carbocycles. The highest BCUT2D eigenvalue weighted by molar-refractivity contribution is 5.94. The fourth-order valence-electron chi connectivity index (χ4n) is 2.85. The molecule has 0 aliphatic carbocycles. The van der Waals surface area contributed by atoms with Crippen LogP contribution in [0.1, 0.15) is 37.0 Å². The molecule has 4 nitrogen and oxygen atoms in total. The number of piperazine rings is 1. The van der Waals surface area contributed by atoms with Crippen LogP contribution >= 0.6 is 0 Å². The highest BCUT2D eigenvalue weighted by Crippen LogP contribution is 2.21. The lowest BCUT2D eigenvalue weighted by Gasteiger charge is -2.36. The van der Waals surface area contributed by atoms with Crippen molar-refractivity contribution in [2.24, 2.45) is 5.92 Å². The van der Waals surface area contributed by atoms with E-state index >= 15 is 0 Å². The second-order valence-electron chi connectivity index (χ2n) is 6.26. The van der Waals surface area contributed by atoms with E-state index in [9.17, 15) is 9.59 Å². The second kappa shape index (κ2) is 6.29. The van der Waals surface area contributed by atoms with Gasteiger partial charge in [0.2, 0.25) is 11.8 Å². The Morgan fingerprint density at radius 1 is 1.24 bits per heavy atom. The summed E-state index contributed by atoms with van der Waals surface area (Å²) in [6.07, 6.45) is 0.697. The first kappa shape index (κ1) is 15.5. The molecule has 1 atom stereocenters. The quantitative estimate of drug-likeness (QED) is 0.923. The third-order valence-corrected chi connectivity index (χ3v) is 4.08. The number of hydrogen-bond acceptors (Lipinski definition) is 2. The molecule has 1 saturated heterocycles. The monoisotopic (exact) mass is 288 g/mol. The SMILES string of the molecule is Cc1cccc(C)c1CN1C(=O)CNC(=O)C1CC(C)C. The molecule has 0 aromatic heterocycles. The van der Waals surface area contributed by atoms with Crippen molar-refractivity contribution in [1.29, 1.82) is 0 Å². The van der Waals surface area contributed by atoms with Crippen LogP contribution in [-0.2, 0) is 16.1 Å². The van der Waals surface area contributed by atoms with Gasteiger partial charge in [-0.05, 0) is 42.9 Å². The smallest absolute Gasteiger partial charge is 0.243 e. The van der Waals surface area contributed by atoms with Crippen LogP contribution in [0.15, 0.2) is 18.2 Å². The molecule has 1 fully saturated rings. The molecule has 1 aliphatic heterocycles.